The van der Waals surface area contributed by atoms with Crippen molar-refractivity contribution in [3.05, 3.63) is 64.1 Å². The van der Waals surface area contributed by atoms with Crippen molar-refractivity contribution >= 4 is 28.4 Å². The maximum Gasteiger partial charge on any atom is 0.339 e. The number of ether oxygens (including phenoxy) is 1. The summed E-state index contributed by atoms with van der Waals surface area (Å²) in [5, 5.41) is 0.706. The second-order valence-electron chi connectivity index (χ2n) is 7.98. The largest absolute Gasteiger partial charge is 0.451 e. The zero-order valence-electron chi connectivity index (χ0n) is 17.5. The van der Waals surface area contributed by atoms with Gasteiger partial charge in [0.2, 0.25) is 5.78 Å². The summed E-state index contributed by atoms with van der Waals surface area (Å²) >= 11 is 0. The number of rotatable bonds is 6. The van der Waals surface area contributed by atoms with E-state index >= 15 is 0 Å². The van der Waals surface area contributed by atoms with Gasteiger partial charge in [0.25, 0.3) is 0 Å². The predicted octanol–water partition coefficient (Wildman–Crippen LogP) is 4.69. The van der Waals surface area contributed by atoms with Crippen LogP contribution in [-0.2, 0) is 4.74 Å². The van der Waals surface area contributed by atoms with Gasteiger partial charge in [-0.25, -0.2) is 4.79 Å². The monoisotopic (exact) mass is 404 g/mol. The molecule has 4 rings (SSSR count). The smallest absolute Gasteiger partial charge is 0.339 e. The van der Waals surface area contributed by atoms with Gasteiger partial charge in [-0.2, -0.15) is 0 Å². The van der Waals surface area contributed by atoms with Crippen LogP contribution in [0.15, 0.2) is 30.3 Å². The van der Waals surface area contributed by atoms with Crippen molar-refractivity contribution < 1.29 is 19.1 Å². The van der Waals surface area contributed by atoms with E-state index in [-0.39, 0.29) is 11.6 Å². The molecule has 0 aliphatic heterocycles. The third-order valence-corrected chi connectivity index (χ3v) is 5.64. The molecular formula is C24H24N2O4. The fourth-order valence-electron chi connectivity index (χ4n) is 3.96. The van der Waals surface area contributed by atoms with Crippen molar-refractivity contribution in [2.45, 2.75) is 52.6 Å². The summed E-state index contributed by atoms with van der Waals surface area (Å²) in [6, 6.07) is 9.23. The molecule has 2 aromatic heterocycles. The van der Waals surface area contributed by atoms with Crippen LogP contribution in [0.5, 0.6) is 0 Å². The van der Waals surface area contributed by atoms with Gasteiger partial charge in [0.1, 0.15) is 0 Å². The number of aryl methyl sites for hydroxylation is 1. The fraction of sp³-hybridized carbons (Fsp3) is 0.333. The van der Waals surface area contributed by atoms with Crippen molar-refractivity contribution in [3.63, 3.8) is 0 Å². The number of aromatic amines is 1. The molecule has 1 aromatic carbocycles. The molecule has 3 aromatic rings. The molecule has 0 radical (unpaired) electrons. The molecule has 0 spiro atoms. The van der Waals surface area contributed by atoms with E-state index < -0.39 is 12.1 Å². The Morgan fingerprint density at radius 1 is 1.17 bits per heavy atom. The van der Waals surface area contributed by atoms with Gasteiger partial charge in [-0.1, -0.05) is 18.2 Å². The van der Waals surface area contributed by atoms with Gasteiger partial charge < -0.3 is 9.72 Å². The second-order valence-corrected chi connectivity index (χ2v) is 7.98. The Kier molecular flexibility index (Phi) is 5.02. The van der Waals surface area contributed by atoms with E-state index in [9.17, 15) is 14.4 Å². The van der Waals surface area contributed by atoms with Gasteiger partial charge in [0.15, 0.2) is 11.9 Å². The number of aromatic nitrogens is 2. The lowest BCUT2D eigenvalue weighted by molar-refractivity contribution is 0.0318. The molecule has 30 heavy (non-hydrogen) atoms. The van der Waals surface area contributed by atoms with Crippen LogP contribution >= 0.6 is 0 Å². The molecular weight excluding hydrogens is 380 g/mol. The Bertz CT molecular complexity index is 1190. The number of carbonyl (C=O) groups is 3. The molecule has 1 fully saturated rings. The first kappa shape index (κ1) is 20.0. The van der Waals surface area contributed by atoms with E-state index in [1.807, 2.05) is 24.3 Å². The SMILES string of the molecule is CC(=O)c1c(C)[nH]c(C(=O)[C@H](C)OC(=O)c2cc(C3CC3)nc3ccccc23)c1C. The summed E-state index contributed by atoms with van der Waals surface area (Å²) < 4.78 is 5.56. The number of esters is 1. The summed E-state index contributed by atoms with van der Waals surface area (Å²) in [5.74, 6) is -0.642. The summed E-state index contributed by atoms with van der Waals surface area (Å²) in [6.07, 6.45) is 1.14. The number of H-pyrrole nitrogens is 1. The lowest BCUT2D eigenvalue weighted by Crippen LogP contribution is -2.25. The minimum atomic E-state index is -0.995. The van der Waals surface area contributed by atoms with E-state index in [1.165, 1.54) is 6.92 Å². The average molecular weight is 404 g/mol. The third kappa shape index (κ3) is 3.54. The quantitative estimate of drug-likeness (QED) is 0.476. The van der Waals surface area contributed by atoms with Gasteiger partial charge in [-0.3, -0.25) is 14.6 Å². The van der Waals surface area contributed by atoms with Crippen LogP contribution in [0.4, 0.5) is 0 Å². The second kappa shape index (κ2) is 7.52. The van der Waals surface area contributed by atoms with E-state index in [2.05, 4.69) is 9.97 Å². The Hall–Kier alpha value is -3.28. The number of carbonyl (C=O) groups excluding carboxylic acids is 3. The fourth-order valence-corrected chi connectivity index (χ4v) is 3.96. The Labute approximate surface area is 174 Å². The molecule has 1 atom stereocenters. The van der Waals surface area contributed by atoms with Crippen molar-refractivity contribution in [1.82, 2.24) is 9.97 Å². The molecule has 6 heteroatoms. The van der Waals surface area contributed by atoms with Crippen LogP contribution < -0.4 is 0 Å². The number of hydrogen-bond acceptors (Lipinski definition) is 5. The highest BCUT2D eigenvalue weighted by atomic mass is 16.5. The van der Waals surface area contributed by atoms with Gasteiger partial charge >= 0.3 is 5.97 Å². The zero-order chi connectivity index (χ0) is 21.6. The molecule has 0 unspecified atom stereocenters. The molecule has 1 aliphatic carbocycles. The van der Waals surface area contributed by atoms with E-state index in [0.717, 1.165) is 24.1 Å². The maximum atomic E-state index is 13.0. The van der Waals surface area contributed by atoms with Crippen LogP contribution in [0.3, 0.4) is 0 Å². The van der Waals surface area contributed by atoms with Crippen molar-refractivity contribution in [2.24, 2.45) is 0 Å². The summed E-state index contributed by atoms with van der Waals surface area (Å²) in [4.78, 5) is 45.4. The van der Waals surface area contributed by atoms with Crippen LogP contribution in [-0.4, -0.2) is 33.6 Å². The minimum Gasteiger partial charge on any atom is -0.451 e. The highest BCUT2D eigenvalue weighted by Gasteiger charge is 2.29. The Morgan fingerprint density at radius 2 is 1.87 bits per heavy atom. The van der Waals surface area contributed by atoms with Crippen molar-refractivity contribution in [1.29, 1.82) is 0 Å². The number of benzene rings is 1. The van der Waals surface area contributed by atoms with Gasteiger partial charge in [0, 0.05) is 28.3 Å². The predicted molar refractivity (Wildman–Crippen MR) is 113 cm³/mol. The van der Waals surface area contributed by atoms with Crippen LogP contribution in [0.2, 0.25) is 0 Å². The maximum absolute atomic E-state index is 13.0. The number of fused-ring (bicyclic) bond motifs is 1. The number of nitrogens with zero attached hydrogens (tertiary/aromatic N) is 1. The number of hydrogen-bond donors (Lipinski definition) is 1. The zero-order valence-corrected chi connectivity index (χ0v) is 17.5. The number of nitrogens with one attached hydrogen (secondary N) is 1. The van der Waals surface area contributed by atoms with E-state index in [4.69, 9.17) is 4.74 Å². The van der Waals surface area contributed by atoms with Crippen molar-refractivity contribution in [2.75, 3.05) is 0 Å². The summed E-state index contributed by atoms with van der Waals surface area (Å²) in [6.45, 7) is 6.49. The van der Waals surface area contributed by atoms with Gasteiger partial charge in [-0.05, 0) is 58.2 Å². The van der Waals surface area contributed by atoms with Crippen LogP contribution in [0.1, 0.15) is 80.8 Å². The molecule has 1 saturated carbocycles. The number of para-hydroxylation sites is 1. The first-order valence-electron chi connectivity index (χ1n) is 10.1. The Morgan fingerprint density at radius 3 is 2.50 bits per heavy atom. The topological polar surface area (TPSA) is 89.1 Å². The number of ketones is 2. The normalized spacial score (nSPS) is 14.5. The molecule has 154 valence electrons. The lowest BCUT2D eigenvalue weighted by atomic mass is 10.0. The molecule has 1 N–H and O–H groups in total. The molecule has 2 heterocycles. The van der Waals surface area contributed by atoms with Crippen molar-refractivity contribution in [3.8, 4) is 0 Å². The average Bonchev–Trinajstić information content (AvgIpc) is 3.51. The van der Waals surface area contributed by atoms with Crippen LogP contribution in [0.25, 0.3) is 10.9 Å². The summed E-state index contributed by atoms with van der Waals surface area (Å²) in [5.41, 5.74) is 4.08. The third-order valence-electron chi connectivity index (χ3n) is 5.64. The first-order valence-corrected chi connectivity index (χ1v) is 10.1. The van der Waals surface area contributed by atoms with E-state index in [1.54, 1.807) is 26.8 Å². The molecule has 6 nitrogen and oxygen atoms in total. The number of Topliss-reactive ketones (excluding diaryl/α,β-unsaturated/α-hetero) is 2. The molecule has 1 aliphatic rings. The first-order chi connectivity index (χ1) is 14.3. The van der Waals surface area contributed by atoms with Gasteiger partial charge in [0.05, 0.1) is 16.8 Å². The van der Waals surface area contributed by atoms with E-state index in [0.29, 0.717) is 39.4 Å². The molecule has 0 saturated heterocycles. The lowest BCUT2D eigenvalue weighted by Gasteiger charge is -2.14. The van der Waals surface area contributed by atoms with Crippen LogP contribution in [0, 0.1) is 13.8 Å². The summed E-state index contributed by atoms with van der Waals surface area (Å²) in [7, 11) is 0. The van der Waals surface area contributed by atoms with Gasteiger partial charge in [-0.15, -0.1) is 0 Å². The highest BCUT2D eigenvalue weighted by Crippen LogP contribution is 2.40. The highest BCUT2D eigenvalue weighted by molar-refractivity contribution is 6.07. The molecule has 0 bridgehead atoms. The number of pyridine rings is 1. The Balaban J connectivity index is 1.62. The standard InChI is InChI=1S/C24H24N2O4/c1-12-21(14(3)27)13(2)25-22(12)23(28)15(4)30-24(29)18-11-20(16-9-10-16)26-19-8-6-5-7-17(18)19/h5-8,11,15-16,25H,9-10H2,1-4H3/t15-/m0/s1. The minimum absolute atomic E-state index is 0.110. The molecule has 0 amide bonds.